The summed E-state index contributed by atoms with van der Waals surface area (Å²) in [5.74, 6) is -0.00634. The number of nitrogens with one attached hydrogen (secondary N) is 2. The van der Waals surface area contributed by atoms with E-state index >= 15 is 0 Å². The largest absolute Gasteiger partial charge is 0.376 e. The summed E-state index contributed by atoms with van der Waals surface area (Å²) in [7, 11) is 0. The van der Waals surface area contributed by atoms with Gasteiger partial charge in [-0.25, -0.2) is 0 Å². The Labute approximate surface area is 139 Å². The predicted molar refractivity (Wildman–Crippen MR) is 96.7 cm³/mol. The van der Waals surface area contributed by atoms with E-state index in [9.17, 15) is 4.79 Å². The third-order valence-corrected chi connectivity index (χ3v) is 3.94. The Morgan fingerprint density at radius 1 is 1.00 bits per heavy atom. The second-order valence-electron chi connectivity index (χ2n) is 6.88. The SMILES string of the molecule is Cc1ccccc1CNC(=O)CNc1ccc(C(C)(C)C)cc1. The first-order chi connectivity index (χ1) is 10.9. The minimum absolute atomic E-state index is 0.00634. The number of carbonyl (C=O) groups is 1. The number of hydrogen-bond acceptors (Lipinski definition) is 2. The predicted octanol–water partition coefficient (Wildman–Crippen LogP) is 4.02. The molecule has 0 heterocycles. The van der Waals surface area contributed by atoms with Crippen LogP contribution in [0, 0.1) is 6.92 Å². The highest BCUT2D eigenvalue weighted by atomic mass is 16.1. The highest BCUT2D eigenvalue weighted by Gasteiger charge is 2.12. The number of amides is 1. The van der Waals surface area contributed by atoms with Crippen molar-refractivity contribution in [2.24, 2.45) is 0 Å². The van der Waals surface area contributed by atoms with Gasteiger partial charge in [0, 0.05) is 12.2 Å². The van der Waals surface area contributed by atoms with E-state index in [4.69, 9.17) is 0 Å². The van der Waals surface area contributed by atoms with Crippen LogP contribution in [0.2, 0.25) is 0 Å². The molecule has 0 saturated heterocycles. The van der Waals surface area contributed by atoms with Crippen molar-refractivity contribution in [3.63, 3.8) is 0 Å². The topological polar surface area (TPSA) is 41.1 Å². The van der Waals surface area contributed by atoms with E-state index in [1.165, 1.54) is 11.1 Å². The van der Waals surface area contributed by atoms with Crippen LogP contribution in [0.3, 0.4) is 0 Å². The quantitative estimate of drug-likeness (QED) is 0.875. The fraction of sp³-hybridized carbons (Fsp3) is 0.350. The summed E-state index contributed by atoms with van der Waals surface area (Å²) < 4.78 is 0. The second-order valence-corrected chi connectivity index (χ2v) is 6.88. The summed E-state index contributed by atoms with van der Waals surface area (Å²) in [5, 5.41) is 6.11. The molecule has 0 aliphatic rings. The van der Waals surface area contributed by atoms with Crippen LogP contribution in [0.15, 0.2) is 48.5 Å². The molecule has 3 heteroatoms. The van der Waals surface area contributed by atoms with Gasteiger partial charge in [0.25, 0.3) is 0 Å². The van der Waals surface area contributed by atoms with E-state index in [0.29, 0.717) is 6.54 Å². The van der Waals surface area contributed by atoms with Gasteiger partial charge in [0.15, 0.2) is 0 Å². The zero-order valence-electron chi connectivity index (χ0n) is 14.4. The molecule has 122 valence electrons. The Balaban J connectivity index is 1.81. The third kappa shape index (κ3) is 5.13. The van der Waals surface area contributed by atoms with Gasteiger partial charge in [0.05, 0.1) is 6.54 Å². The molecule has 0 bridgehead atoms. The molecular weight excluding hydrogens is 284 g/mol. The summed E-state index contributed by atoms with van der Waals surface area (Å²) >= 11 is 0. The molecule has 0 unspecified atom stereocenters. The highest BCUT2D eigenvalue weighted by Crippen LogP contribution is 2.23. The Morgan fingerprint density at radius 3 is 2.26 bits per heavy atom. The van der Waals surface area contributed by atoms with Crippen LogP contribution in [-0.4, -0.2) is 12.5 Å². The fourth-order valence-electron chi connectivity index (χ4n) is 2.34. The van der Waals surface area contributed by atoms with Gasteiger partial charge >= 0.3 is 0 Å². The first-order valence-corrected chi connectivity index (χ1v) is 8.02. The van der Waals surface area contributed by atoms with E-state index in [2.05, 4.69) is 56.5 Å². The number of hydrogen-bond donors (Lipinski definition) is 2. The van der Waals surface area contributed by atoms with Gasteiger partial charge in [0.2, 0.25) is 5.91 Å². The molecule has 2 aromatic rings. The lowest BCUT2D eigenvalue weighted by molar-refractivity contribution is -0.119. The van der Waals surface area contributed by atoms with Gasteiger partial charge < -0.3 is 10.6 Å². The number of anilines is 1. The van der Waals surface area contributed by atoms with Crippen molar-refractivity contribution in [3.05, 3.63) is 65.2 Å². The molecule has 0 saturated carbocycles. The molecular formula is C20H26N2O. The number of aryl methyl sites for hydroxylation is 1. The van der Waals surface area contributed by atoms with Gasteiger partial charge in [-0.05, 0) is 41.2 Å². The number of benzene rings is 2. The zero-order chi connectivity index (χ0) is 16.9. The normalized spacial score (nSPS) is 11.1. The van der Waals surface area contributed by atoms with E-state index in [1.54, 1.807) is 0 Å². The van der Waals surface area contributed by atoms with Crippen LogP contribution >= 0.6 is 0 Å². The first kappa shape index (κ1) is 17.1. The average molecular weight is 310 g/mol. The number of carbonyl (C=O) groups excluding carboxylic acids is 1. The smallest absolute Gasteiger partial charge is 0.239 e. The Kier molecular flexibility index (Phi) is 5.43. The summed E-state index contributed by atoms with van der Waals surface area (Å²) in [6.45, 7) is 9.46. The van der Waals surface area contributed by atoms with Gasteiger partial charge in [-0.2, -0.15) is 0 Å². The van der Waals surface area contributed by atoms with Gasteiger partial charge in [-0.15, -0.1) is 0 Å². The summed E-state index contributed by atoms with van der Waals surface area (Å²) in [6, 6.07) is 16.3. The fourth-order valence-corrected chi connectivity index (χ4v) is 2.34. The lowest BCUT2D eigenvalue weighted by Gasteiger charge is -2.19. The molecule has 0 aliphatic carbocycles. The molecule has 0 aromatic heterocycles. The van der Waals surface area contributed by atoms with Crippen molar-refractivity contribution in [2.75, 3.05) is 11.9 Å². The van der Waals surface area contributed by atoms with Crippen molar-refractivity contribution in [3.8, 4) is 0 Å². The Morgan fingerprint density at radius 2 is 1.65 bits per heavy atom. The van der Waals surface area contributed by atoms with Crippen molar-refractivity contribution in [1.29, 1.82) is 0 Å². The van der Waals surface area contributed by atoms with E-state index in [1.807, 2.05) is 30.3 Å². The molecule has 0 fully saturated rings. The van der Waals surface area contributed by atoms with Crippen molar-refractivity contribution in [2.45, 2.75) is 39.7 Å². The maximum atomic E-state index is 12.0. The minimum Gasteiger partial charge on any atom is -0.376 e. The molecule has 0 spiro atoms. The van der Waals surface area contributed by atoms with Crippen LogP contribution in [0.5, 0.6) is 0 Å². The van der Waals surface area contributed by atoms with Crippen molar-refractivity contribution < 1.29 is 4.79 Å². The molecule has 3 nitrogen and oxygen atoms in total. The van der Waals surface area contributed by atoms with Crippen LogP contribution < -0.4 is 10.6 Å². The maximum Gasteiger partial charge on any atom is 0.239 e. The third-order valence-electron chi connectivity index (χ3n) is 3.94. The van der Waals surface area contributed by atoms with Gasteiger partial charge in [-0.3, -0.25) is 4.79 Å². The molecule has 2 aromatic carbocycles. The molecule has 23 heavy (non-hydrogen) atoms. The molecule has 0 aliphatic heterocycles. The summed E-state index contributed by atoms with van der Waals surface area (Å²) in [6.07, 6.45) is 0. The summed E-state index contributed by atoms with van der Waals surface area (Å²) in [5.41, 5.74) is 4.73. The average Bonchev–Trinajstić information content (AvgIpc) is 2.51. The van der Waals surface area contributed by atoms with Crippen molar-refractivity contribution >= 4 is 11.6 Å². The first-order valence-electron chi connectivity index (χ1n) is 8.02. The van der Waals surface area contributed by atoms with E-state index in [-0.39, 0.29) is 17.9 Å². The van der Waals surface area contributed by atoms with Gasteiger partial charge in [0.1, 0.15) is 0 Å². The zero-order valence-corrected chi connectivity index (χ0v) is 14.4. The van der Waals surface area contributed by atoms with E-state index in [0.717, 1.165) is 11.3 Å². The standard InChI is InChI=1S/C20H26N2O/c1-15-7-5-6-8-16(15)13-22-19(23)14-21-18-11-9-17(10-12-18)20(2,3)4/h5-12,21H,13-14H2,1-4H3,(H,22,23). The second kappa shape index (κ2) is 7.32. The molecule has 0 atom stereocenters. The molecule has 2 N–H and O–H groups in total. The van der Waals surface area contributed by atoms with Crippen LogP contribution in [0.25, 0.3) is 0 Å². The Bertz CT molecular complexity index is 654. The van der Waals surface area contributed by atoms with Crippen LogP contribution in [0.1, 0.15) is 37.5 Å². The molecule has 1 amide bonds. The lowest BCUT2D eigenvalue weighted by Crippen LogP contribution is -2.29. The van der Waals surface area contributed by atoms with Crippen molar-refractivity contribution in [1.82, 2.24) is 5.32 Å². The van der Waals surface area contributed by atoms with Crippen LogP contribution in [0.4, 0.5) is 5.69 Å². The highest BCUT2D eigenvalue weighted by molar-refractivity contribution is 5.80. The van der Waals surface area contributed by atoms with Gasteiger partial charge in [-0.1, -0.05) is 57.2 Å². The minimum atomic E-state index is -0.00634. The Hall–Kier alpha value is -2.29. The summed E-state index contributed by atoms with van der Waals surface area (Å²) in [4.78, 5) is 12.0. The molecule has 2 rings (SSSR count). The van der Waals surface area contributed by atoms with Crippen LogP contribution in [-0.2, 0) is 16.8 Å². The maximum absolute atomic E-state index is 12.0. The lowest BCUT2D eigenvalue weighted by atomic mass is 9.87. The monoisotopic (exact) mass is 310 g/mol. The van der Waals surface area contributed by atoms with E-state index < -0.39 is 0 Å². The number of rotatable bonds is 5. The molecule has 0 radical (unpaired) electrons.